The molecule has 140 valence electrons. The summed E-state index contributed by atoms with van der Waals surface area (Å²) in [7, 11) is 0. The maximum Gasteiger partial charge on any atom is 0.323 e. The van der Waals surface area contributed by atoms with Crippen molar-refractivity contribution in [3.8, 4) is 0 Å². The normalized spacial score (nSPS) is 13.6. The van der Waals surface area contributed by atoms with Gasteiger partial charge in [0.15, 0.2) is 0 Å². The molecule has 0 saturated carbocycles. The lowest BCUT2D eigenvalue weighted by Gasteiger charge is -2.20. The number of fused-ring (bicyclic) bond motifs is 3. The van der Waals surface area contributed by atoms with Gasteiger partial charge in [0, 0.05) is 24.4 Å². The number of carbonyl (C=O) groups excluding carboxylic acids is 1. The highest BCUT2D eigenvalue weighted by Crippen LogP contribution is 2.33. The minimum atomic E-state index is -1.03. The Morgan fingerprint density at radius 3 is 2.85 bits per heavy atom. The fraction of sp³-hybridized carbons (Fsp3) is 0.556. The second-order valence-corrected chi connectivity index (χ2v) is 7.68. The minimum Gasteiger partial charge on any atom is -0.480 e. The van der Waals surface area contributed by atoms with Crippen molar-refractivity contribution in [2.45, 2.75) is 52.0 Å². The van der Waals surface area contributed by atoms with Crippen molar-refractivity contribution in [1.29, 1.82) is 0 Å². The number of thiophene rings is 1. The summed E-state index contributed by atoms with van der Waals surface area (Å²) >= 11 is 1.60. The monoisotopic (exact) mass is 377 g/mol. The first-order valence-electron chi connectivity index (χ1n) is 9.00. The molecule has 0 aromatic carbocycles. The smallest absolute Gasteiger partial charge is 0.323 e. The lowest BCUT2D eigenvalue weighted by atomic mass is 9.97. The van der Waals surface area contributed by atoms with E-state index in [4.69, 9.17) is 5.11 Å². The zero-order chi connectivity index (χ0) is 18.7. The van der Waals surface area contributed by atoms with Crippen molar-refractivity contribution in [1.82, 2.24) is 14.5 Å². The van der Waals surface area contributed by atoms with Gasteiger partial charge in [0.2, 0.25) is 5.91 Å². The Morgan fingerprint density at radius 2 is 2.12 bits per heavy atom. The van der Waals surface area contributed by atoms with Gasteiger partial charge in [-0.25, -0.2) is 4.98 Å². The summed E-state index contributed by atoms with van der Waals surface area (Å²) in [6.45, 7) is 2.20. The second kappa shape index (κ2) is 7.99. The molecule has 3 rings (SSSR count). The van der Waals surface area contributed by atoms with Crippen LogP contribution < -0.4 is 5.56 Å². The largest absolute Gasteiger partial charge is 0.480 e. The summed E-state index contributed by atoms with van der Waals surface area (Å²) in [5.41, 5.74) is 1.04. The van der Waals surface area contributed by atoms with Crippen molar-refractivity contribution in [2.75, 3.05) is 13.1 Å². The van der Waals surface area contributed by atoms with Crippen LogP contribution in [0.3, 0.4) is 0 Å². The number of amides is 1. The molecule has 8 heteroatoms. The van der Waals surface area contributed by atoms with Crippen LogP contribution in [0.4, 0.5) is 0 Å². The highest BCUT2D eigenvalue weighted by molar-refractivity contribution is 7.18. The number of aromatic nitrogens is 2. The van der Waals surface area contributed by atoms with E-state index in [0.717, 1.165) is 36.1 Å². The summed E-state index contributed by atoms with van der Waals surface area (Å²) < 4.78 is 1.48. The van der Waals surface area contributed by atoms with Crippen LogP contribution in [-0.4, -0.2) is 44.5 Å². The molecule has 0 radical (unpaired) electrons. The number of aliphatic carboxylic acids is 1. The Balaban J connectivity index is 1.78. The maximum atomic E-state index is 12.9. The summed E-state index contributed by atoms with van der Waals surface area (Å²) in [6, 6.07) is 0. The van der Waals surface area contributed by atoms with Gasteiger partial charge in [-0.3, -0.25) is 19.0 Å². The predicted molar refractivity (Wildman–Crippen MR) is 99.6 cm³/mol. The lowest BCUT2D eigenvalue weighted by molar-refractivity contribution is -0.144. The Hall–Kier alpha value is -2.22. The first-order valence-corrected chi connectivity index (χ1v) is 9.82. The number of aryl methyl sites for hydroxylation is 3. The van der Waals surface area contributed by atoms with E-state index >= 15 is 0 Å². The molecule has 1 aliphatic rings. The van der Waals surface area contributed by atoms with Gasteiger partial charge in [-0.1, -0.05) is 6.92 Å². The molecule has 1 amide bonds. The highest BCUT2D eigenvalue weighted by Gasteiger charge is 2.21. The number of carbonyl (C=O) groups is 2. The van der Waals surface area contributed by atoms with Gasteiger partial charge in [0.05, 0.1) is 11.7 Å². The van der Waals surface area contributed by atoms with Crippen molar-refractivity contribution < 1.29 is 14.7 Å². The third-order valence-corrected chi connectivity index (χ3v) is 5.88. The maximum absolute atomic E-state index is 12.9. The standard InChI is InChI=1S/C18H23N3O4S/c1-2-8-20(10-15(23)24)14(22)7-9-21-11-19-17-16(18(21)25)12-5-3-4-6-13(12)26-17/h11H,2-10H2,1H3,(H,23,24). The Labute approximate surface area is 155 Å². The van der Waals surface area contributed by atoms with Crippen LogP contribution in [0.15, 0.2) is 11.1 Å². The fourth-order valence-electron chi connectivity index (χ4n) is 3.44. The molecule has 0 spiro atoms. The number of hydrogen-bond donors (Lipinski definition) is 1. The number of rotatable bonds is 7. The predicted octanol–water partition coefficient (Wildman–Crippen LogP) is 2.05. The molecule has 0 fully saturated rings. The molecular formula is C18H23N3O4S. The van der Waals surface area contributed by atoms with Gasteiger partial charge in [-0.15, -0.1) is 11.3 Å². The van der Waals surface area contributed by atoms with Gasteiger partial charge in [0.1, 0.15) is 11.4 Å². The first kappa shape index (κ1) is 18.6. The molecule has 0 bridgehead atoms. The van der Waals surface area contributed by atoms with Crippen LogP contribution in [0.5, 0.6) is 0 Å². The fourth-order valence-corrected chi connectivity index (χ4v) is 4.66. The van der Waals surface area contributed by atoms with E-state index in [-0.39, 0.29) is 31.0 Å². The number of nitrogens with zero attached hydrogens (tertiary/aromatic N) is 3. The van der Waals surface area contributed by atoms with E-state index in [0.29, 0.717) is 18.4 Å². The van der Waals surface area contributed by atoms with Crippen molar-refractivity contribution >= 4 is 33.4 Å². The Bertz CT molecular complexity index is 886. The molecule has 0 unspecified atom stereocenters. The van der Waals surface area contributed by atoms with Crippen LogP contribution in [0.25, 0.3) is 10.2 Å². The van der Waals surface area contributed by atoms with Crippen LogP contribution >= 0.6 is 11.3 Å². The first-order chi connectivity index (χ1) is 12.5. The lowest BCUT2D eigenvalue weighted by Crippen LogP contribution is -2.37. The van der Waals surface area contributed by atoms with E-state index in [1.54, 1.807) is 11.3 Å². The number of carboxylic acids is 1. The zero-order valence-electron chi connectivity index (χ0n) is 14.9. The van der Waals surface area contributed by atoms with E-state index in [1.165, 1.54) is 20.7 Å². The molecular weight excluding hydrogens is 354 g/mol. The van der Waals surface area contributed by atoms with E-state index < -0.39 is 5.97 Å². The van der Waals surface area contributed by atoms with Crippen molar-refractivity contribution in [2.24, 2.45) is 0 Å². The minimum absolute atomic E-state index is 0.0900. The summed E-state index contributed by atoms with van der Waals surface area (Å²) in [6.07, 6.45) is 6.45. The molecule has 0 atom stereocenters. The third-order valence-electron chi connectivity index (χ3n) is 4.68. The highest BCUT2D eigenvalue weighted by atomic mass is 32.1. The van der Waals surface area contributed by atoms with Crippen LogP contribution in [0.2, 0.25) is 0 Å². The summed E-state index contributed by atoms with van der Waals surface area (Å²) in [5, 5.41) is 9.64. The van der Waals surface area contributed by atoms with Gasteiger partial charge in [-0.2, -0.15) is 0 Å². The van der Waals surface area contributed by atoms with Gasteiger partial charge in [-0.05, 0) is 37.7 Å². The van der Waals surface area contributed by atoms with Crippen molar-refractivity contribution in [3.05, 3.63) is 27.1 Å². The molecule has 0 aliphatic heterocycles. The molecule has 2 aromatic heterocycles. The van der Waals surface area contributed by atoms with Crippen LogP contribution in [0.1, 0.15) is 43.0 Å². The molecule has 26 heavy (non-hydrogen) atoms. The molecule has 7 nitrogen and oxygen atoms in total. The SMILES string of the molecule is CCCN(CC(=O)O)C(=O)CCn1cnc2sc3c(c2c1=O)CCCC3. The van der Waals surface area contributed by atoms with Crippen LogP contribution in [0, 0.1) is 0 Å². The third kappa shape index (κ3) is 3.80. The molecule has 1 aliphatic carbocycles. The van der Waals surface area contributed by atoms with E-state index in [9.17, 15) is 14.4 Å². The van der Waals surface area contributed by atoms with Gasteiger partial charge in [0.25, 0.3) is 5.56 Å². The van der Waals surface area contributed by atoms with Crippen LogP contribution in [-0.2, 0) is 29.0 Å². The molecule has 2 aromatic rings. The average molecular weight is 377 g/mol. The number of carboxylic acid groups (broad SMARTS) is 1. The quantitative estimate of drug-likeness (QED) is 0.797. The van der Waals surface area contributed by atoms with E-state index in [1.807, 2.05) is 6.92 Å². The topological polar surface area (TPSA) is 92.5 Å². The molecule has 0 saturated heterocycles. The van der Waals surface area contributed by atoms with E-state index in [2.05, 4.69) is 4.98 Å². The van der Waals surface area contributed by atoms with Gasteiger partial charge >= 0.3 is 5.97 Å². The summed E-state index contributed by atoms with van der Waals surface area (Å²) in [4.78, 5) is 43.9. The second-order valence-electron chi connectivity index (χ2n) is 6.59. The molecule has 2 heterocycles. The summed E-state index contributed by atoms with van der Waals surface area (Å²) in [5.74, 6) is -1.29. The molecule has 1 N–H and O–H groups in total. The number of hydrogen-bond acceptors (Lipinski definition) is 5. The average Bonchev–Trinajstić information content (AvgIpc) is 2.99. The Morgan fingerprint density at radius 1 is 1.35 bits per heavy atom. The zero-order valence-corrected chi connectivity index (χ0v) is 15.7. The van der Waals surface area contributed by atoms with Gasteiger partial charge < -0.3 is 10.0 Å². The Kier molecular flexibility index (Phi) is 5.70. The van der Waals surface area contributed by atoms with Crippen molar-refractivity contribution in [3.63, 3.8) is 0 Å².